The SMILES string of the molecule is CC(C)n1nc(-c2noc(C3CC3)c2-c2cnccn2)c2c(N)ncc(Cl)c21. The molecule has 5 rings (SSSR count). The van der Waals surface area contributed by atoms with Gasteiger partial charge >= 0.3 is 0 Å². The van der Waals surface area contributed by atoms with Crippen LogP contribution in [-0.2, 0) is 0 Å². The maximum Gasteiger partial charge on any atom is 0.149 e. The highest BCUT2D eigenvalue weighted by atomic mass is 35.5. The Labute approximate surface area is 165 Å². The fourth-order valence-electron chi connectivity index (χ4n) is 3.46. The summed E-state index contributed by atoms with van der Waals surface area (Å²) in [5.74, 6) is 1.51. The Morgan fingerprint density at radius 2 is 2.00 bits per heavy atom. The van der Waals surface area contributed by atoms with E-state index < -0.39 is 0 Å². The summed E-state index contributed by atoms with van der Waals surface area (Å²) in [5, 5.41) is 10.3. The van der Waals surface area contributed by atoms with Crippen LogP contribution in [0.2, 0.25) is 5.02 Å². The average molecular weight is 396 g/mol. The quantitative estimate of drug-likeness (QED) is 0.550. The second-order valence-corrected chi connectivity index (χ2v) is 7.64. The molecule has 0 aliphatic heterocycles. The Balaban J connectivity index is 1.84. The number of hydrogen-bond donors (Lipinski definition) is 1. The van der Waals surface area contributed by atoms with Gasteiger partial charge in [0.25, 0.3) is 0 Å². The zero-order valence-corrected chi connectivity index (χ0v) is 16.2. The molecule has 0 atom stereocenters. The van der Waals surface area contributed by atoms with Gasteiger partial charge < -0.3 is 10.3 Å². The number of pyridine rings is 1. The maximum atomic E-state index is 6.46. The van der Waals surface area contributed by atoms with Crippen LogP contribution in [0.3, 0.4) is 0 Å². The lowest BCUT2D eigenvalue weighted by atomic mass is 10.0. The van der Waals surface area contributed by atoms with Gasteiger partial charge in [0.15, 0.2) is 0 Å². The molecule has 0 aromatic carbocycles. The van der Waals surface area contributed by atoms with Crippen LogP contribution in [0.1, 0.15) is 44.4 Å². The first-order valence-corrected chi connectivity index (χ1v) is 9.52. The Morgan fingerprint density at radius 3 is 2.68 bits per heavy atom. The van der Waals surface area contributed by atoms with E-state index in [1.807, 2.05) is 18.5 Å². The molecule has 1 aliphatic carbocycles. The summed E-state index contributed by atoms with van der Waals surface area (Å²) in [6.45, 7) is 4.07. The van der Waals surface area contributed by atoms with E-state index in [4.69, 9.17) is 27.0 Å². The van der Waals surface area contributed by atoms with Crippen molar-refractivity contribution in [2.45, 2.75) is 38.6 Å². The molecular weight excluding hydrogens is 378 g/mol. The van der Waals surface area contributed by atoms with Crippen LogP contribution in [0.15, 0.2) is 29.3 Å². The lowest BCUT2D eigenvalue weighted by molar-refractivity contribution is 0.386. The number of nitrogens with two attached hydrogens (primary N) is 1. The van der Waals surface area contributed by atoms with Crippen molar-refractivity contribution >= 4 is 28.3 Å². The van der Waals surface area contributed by atoms with Gasteiger partial charge in [-0.05, 0) is 26.7 Å². The average Bonchev–Trinajstić information content (AvgIpc) is 3.30. The number of fused-ring (bicyclic) bond motifs is 1. The minimum Gasteiger partial charge on any atom is -0.383 e. The Hall–Kier alpha value is -3.00. The smallest absolute Gasteiger partial charge is 0.149 e. The summed E-state index contributed by atoms with van der Waals surface area (Å²) >= 11 is 6.46. The van der Waals surface area contributed by atoms with E-state index in [9.17, 15) is 0 Å². The van der Waals surface area contributed by atoms with Gasteiger partial charge in [-0.15, -0.1) is 0 Å². The molecule has 1 fully saturated rings. The molecule has 4 aromatic rings. The molecule has 2 N–H and O–H groups in total. The van der Waals surface area contributed by atoms with Gasteiger partial charge in [0.2, 0.25) is 0 Å². The number of rotatable bonds is 4. The predicted molar refractivity (Wildman–Crippen MR) is 106 cm³/mol. The molecule has 0 spiro atoms. The van der Waals surface area contributed by atoms with Crippen LogP contribution in [0.5, 0.6) is 0 Å². The molecule has 4 aromatic heterocycles. The van der Waals surface area contributed by atoms with E-state index in [1.54, 1.807) is 24.8 Å². The van der Waals surface area contributed by atoms with Crippen molar-refractivity contribution in [2.75, 3.05) is 5.73 Å². The summed E-state index contributed by atoms with van der Waals surface area (Å²) < 4.78 is 7.60. The first-order chi connectivity index (χ1) is 13.6. The standard InChI is InChI=1S/C19H18ClN7O/c1-9(2)27-17-11(20)7-24-19(21)14(17)15(25-27)16-13(12-8-22-5-6-23-12)18(28-26-16)10-3-4-10/h5-10H,3-4H2,1-2H3,(H2,21,24). The van der Waals surface area contributed by atoms with Crippen LogP contribution < -0.4 is 5.73 Å². The fourth-order valence-corrected chi connectivity index (χ4v) is 3.69. The van der Waals surface area contributed by atoms with Crippen molar-refractivity contribution < 1.29 is 4.52 Å². The number of hydrogen-bond acceptors (Lipinski definition) is 7. The van der Waals surface area contributed by atoms with Crippen molar-refractivity contribution in [3.05, 3.63) is 35.6 Å². The summed E-state index contributed by atoms with van der Waals surface area (Å²) in [5.41, 5.74) is 9.65. The largest absolute Gasteiger partial charge is 0.383 e. The van der Waals surface area contributed by atoms with E-state index in [0.717, 1.165) is 29.7 Å². The van der Waals surface area contributed by atoms with Gasteiger partial charge in [0, 0.05) is 24.4 Å². The van der Waals surface area contributed by atoms with Crippen molar-refractivity contribution in [3.8, 4) is 22.6 Å². The Kier molecular flexibility index (Phi) is 3.83. The number of halogens is 1. The minimum atomic E-state index is 0.0744. The van der Waals surface area contributed by atoms with E-state index in [2.05, 4.69) is 20.1 Å². The van der Waals surface area contributed by atoms with Gasteiger partial charge in [0.1, 0.15) is 23.0 Å². The maximum absolute atomic E-state index is 6.46. The normalized spacial score (nSPS) is 14.3. The van der Waals surface area contributed by atoms with Gasteiger partial charge in [0.05, 0.1) is 39.6 Å². The lowest BCUT2D eigenvalue weighted by Crippen LogP contribution is -2.03. The third-order valence-corrected chi connectivity index (χ3v) is 5.19. The highest BCUT2D eigenvalue weighted by molar-refractivity contribution is 6.35. The van der Waals surface area contributed by atoms with Gasteiger partial charge in [-0.1, -0.05) is 16.8 Å². The molecule has 0 amide bonds. The molecule has 142 valence electrons. The molecule has 4 heterocycles. The molecule has 1 saturated carbocycles. The van der Waals surface area contributed by atoms with Crippen LogP contribution in [0.4, 0.5) is 5.82 Å². The highest BCUT2D eigenvalue weighted by Gasteiger charge is 2.35. The van der Waals surface area contributed by atoms with Crippen LogP contribution in [0.25, 0.3) is 33.5 Å². The first kappa shape index (κ1) is 17.1. The highest BCUT2D eigenvalue weighted by Crippen LogP contribution is 2.48. The number of aromatic nitrogens is 6. The number of nitrogen functional groups attached to an aromatic ring is 1. The van der Waals surface area contributed by atoms with Crippen LogP contribution in [0, 0.1) is 0 Å². The molecular formula is C19H18ClN7O. The van der Waals surface area contributed by atoms with Crippen molar-refractivity contribution in [2.24, 2.45) is 0 Å². The number of anilines is 1. The monoisotopic (exact) mass is 395 g/mol. The second kappa shape index (κ2) is 6.27. The topological polar surface area (TPSA) is 109 Å². The van der Waals surface area contributed by atoms with Crippen molar-refractivity contribution in [1.82, 2.24) is 29.9 Å². The third-order valence-electron chi connectivity index (χ3n) is 4.91. The van der Waals surface area contributed by atoms with E-state index in [-0.39, 0.29) is 6.04 Å². The van der Waals surface area contributed by atoms with Gasteiger partial charge in [-0.3, -0.25) is 14.6 Å². The second-order valence-electron chi connectivity index (χ2n) is 7.24. The molecule has 28 heavy (non-hydrogen) atoms. The Bertz CT molecular complexity index is 1180. The summed E-state index contributed by atoms with van der Waals surface area (Å²) in [6.07, 6.45) is 8.68. The molecule has 0 unspecified atom stereocenters. The molecule has 0 radical (unpaired) electrons. The van der Waals surface area contributed by atoms with E-state index in [0.29, 0.717) is 39.2 Å². The van der Waals surface area contributed by atoms with Gasteiger partial charge in [-0.2, -0.15) is 5.10 Å². The van der Waals surface area contributed by atoms with E-state index >= 15 is 0 Å². The molecule has 0 saturated heterocycles. The van der Waals surface area contributed by atoms with Crippen LogP contribution >= 0.6 is 11.6 Å². The summed E-state index contributed by atoms with van der Waals surface area (Å²) in [7, 11) is 0. The molecule has 8 nitrogen and oxygen atoms in total. The van der Waals surface area contributed by atoms with E-state index in [1.165, 1.54) is 0 Å². The van der Waals surface area contributed by atoms with Crippen molar-refractivity contribution in [1.29, 1.82) is 0 Å². The molecule has 0 bridgehead atoms. The van der Waals surface area contributed by atoms with Crippen LogP contribution in [-0.4, -0.2) is 29.9 Å². The van der Waals surface area contributed by atoms with Gasteiger partial charge in [-0.25, -0.2) is 4.98 Å². The lowest BCUT2D eigenvalue weighted by Gasteiger charge is -2.07. The Morgan fingerprint density at radius 1 is 1.18 bits per heavy atom. The third kappa shape index (κ3) is 2.56. The molecule has 9 heteroatoms. The number of nitrogens with zero attached hydrogens (tertiary/aromatic N) is 6. The fraction of sp³-hybridized carbons (Fsp3) is 0.316. The predicted octanol–water partition coefficient (Wildman–Crippen LogP) is 4.24. The summed E-state index contributed by atoms with van der Waals surface area (Å²) in [6, 6.07) is 0.0744. The zero-order valence-electron chi connectivity index (χ0n) is 15.4. The minimum absolute atomic E-state index is 0.0744. The first-order valence-electron chi connectivity index (χ1n) is 9.14. The van der Waals surface area contributed by atoms with Crippen molar-refractivity contribution in [3.63, 3.8) is 0 Å². The summed E-state index contributed by atoms with van der Waals surface area (Å²) in [4.78, 5) is 12.9. The zero-order chi connectivity index (χ0) is 19.4. The molecule has 1 aliphatic rings.